The van der Waals surface area contributed by atoms with E-state index >= 15 is 0 Å². The molecule has 1 fully saturated rings. The molecule has 0 bridgehead atoms. The van der Waals surface area contributed by atoms with E-state index in [0.717, 1.165) is 31.3 Å². The third-order valence-corrected chi connectivity index (χ3v) is 4.21. The molecule has 4 N–H and O–H groups in total. The number of H-pyrrole nitrogens is 2. The Morgan fingerprint density at radius 1 is 1.48 bits per heavy atom. The summed E-state index contributed by atoms with van der Waals surface area (Å²) in [7, 11) is 1.67. The van der Waals surface area contributed by atoms with Crippen molar-refractivity contribution >= 4 is 17.5 Å². The number of hydrogen-bond acceptors (Lipinski definition) is 7. The standard InChI is InChI=1S/C17H21N7O3/c1-27-6-2-5-18-13-8-14(20-11-3-4-11)24-15(22-13)10(9-19-24)7-12-16(25)23-17(26)21-12/h7-9,11,18,25H,2-6H2,1H3,(H2,21,23,26)/b10-7-,20-14?. The van der Waals surface area contributed by atoms with Crippen molar-refractivity contribution in [1.82, 2.24) is 24.6 Å². The molecule has 3 aromatic rings. The lowest BCUT2D eigenvalue weighted by molar-refractivity contribution is 0.198. The van der Waals surface area contributed by atoms with Gasteiger partial charge in [-0.1, -0.05) is 0 Å². The first-order chi connectivity index (χ1) is 13.1. The van der Waals surface area contributed by atoms with Crippen molar-refractivity contribution < 1.29 is 9.84 Å². The van der Waals surface area contributed by atoms with Crippen molar-refractivity contribution in [2.45, 2.75) is 25.3 Å². The van der Waals surface area contributed by atoms with Crippen molar-refractivity contribution in [2.75, 3.05) is 25.6 Å². The normalized spacial score (nSPS) is 15.7. The SMILES string of the molecule is COCCCNc1cc(=NC2CC2)n2nc/c(=C/c3[nH]c(=O)[nH]c3O)c2n1. The minimum Gasteiger partial charge on any atom is -0.493 e. The summed E-state index contributed by atoms with van der Waals surface area (Å²) in [6.45, 7) is 1.39. The monoisotopic (exact) mass is 371 g/mol. The van der Waals surface area contributed by atoms with Crippen molar-refractivity contribution in [3.63, 3.8) is 0 Å². The highest BCUT2D eigenvalue weighted by Gasteiger charge is 2.20. The number of ether oxygens (including phenoxy) is 1. The third kappa shape index (κ3) is 3.85. The Balaban J connectivity index is 1.79. The summed E-state index contributed by atoms with van der Waals surface area (Å²) in [6.07, 6.45) is 6.28. The van der Waals surface area contributed by atoms with Crippen LogP contribution < -0.4 is 21.7 Å². The minimum absolute atomic E-state index is 0.226. The molecule has 3 aromatic heterocycles. The van der Waals surface area contributed by atoms with Gasteiger partial charge in [0.15, 0.2) is 11.1 Å². The van der Waals surface area contributed by atoms with Crippen LogP contribution in [-0.2, 0) is 4.74 Å². The highest BCUT2D eigenvalue weighted by Crippen LogP contribution is 2.22. The number of aromatic nitrogens is 5. The number of nitrogens with one attached hydrogen (secondary N) is 3. The van der Waals surface area contributed by atoms with E-state index in [1.165, 1.54) is 0 Å². The molecule has 1 saturated carbocycles. The van der Waals surface area contributed by atoms with Gasteiger partial charge in [0, 0.05) is 31.5 Å². The average Bonchev–Trinajstić information content (AvgIpc) is 3.28. The van der Waals surface area contributed by atoms with Crippen molar-refractivity contribution in [3.8, 4) is 5.88 Å². The van der Waals surface area contributed by atoms with Crippen molar-refractivity contribution in [1.29, 1.82) is 0 Å². The first-order valence-electron chi connectivity index (χ1n) is 8.82. The second-order valence-electron chi connectivity index (χ2n) is 6.45. The Labute approximate surface area is 153 Å². The number of aromatic hydroxyl groups is 1. The molecule has 3 heterocycles. The van der Waals surface area contributed by atoms with Gasteiger partial charge >= 0.3 is 5.69 Å². The lowest BCUT2D eigenvalue weighted by Gasteiger charge is -2.06. The number of hydrogen-bond donors (Lipinski definition) is 4. The first kappa shape index (κ1) is 17.3. The third-order valence-electron chi connectivity index (χ3n) is 4.21. The highest BCUT2D eigenvalue weighted by atomic mass is 16.5. The van der Waals surface area contributed by atoms with Crippen LogP contribution in [0.2, 0.25) is 0 Å². The van der Waals surface area contributed by atoms with Gasteiger partial charge in [0.05, 0.1) is 12.2 Å². The highest BCUT2D eigenvalue weighted by molar-refractivity contribution is 5.57. The molecule has 142 valence electrons. The number of aromatic amines is 2. The largest absolute Gasteiger partial charge is 0.493 e. The van der Waals surface area contributed by atoms with E-state index in [-0.39, 0.29) is 11.6 Å². The second kappa shape index (κ2) is 7.23. The molecule has 10 nitrogen and oxygen atoms in total. The summed E-state index contributed by atoms with van der Waals surface area (Å²) in [5.74, 6) is 0.469. The maximum atomic E-state index is 11.3. The predicted molar refractivity (Wildman–Crippen MR) is 98.4 cm³/mol. The molecule has 0 aromatic carbocycles. The molecule has 0 aliphatic heterocycles. The molecule has 1 aliphatic carbocycles. The summed E-state index contributed by atoms with van der Waals surface area (Å²) in [5, 5.41) is 18.1. The van der Waals surface area contributed by atoms with E-state index in [0.29, 0.717) is 29.3 Å². The van der Waals surface area contributed by atoms with Crippen LogP contribution in [0, 0.1) is 0 Å². The molecular formula is C17H21N7O3. The molecule has 1 aliphatic rings. The lowest BCUT2D eigenvalue weighted by Crippen LogP contribution is -2.21. The minimum atomic E-state index is -0.479. The van der Waals surface area contributed by atoms with E-state index in [4.69, 9.17) is 9.73 Å². The lowest BCUT2D eigenvalue weighted by atomic mass is 10.3. The van der Waals surface area contributed by atoms with Crippen LogP contribution in [-0.4, -0.2) is 56.0 Å². The molecule has 0 saturated heterocycles. The maximum Gasteiger partial charge on any atom is 0.326 e. The summed E-state index contributed by atoms with van der Waals surface area (Å²) < 4.78 is 6.74. The van der Waals surface area contributed by atoms with Crippen LogP contribution in [0.1, 0.15) is 25.0 Å². The summed E-state index contributed by atoms with van der Waals surface area (Å²) in [5.41, 5.74) is 1.11. The van der Waals surface area contributed by atoms with Crippen molar-refractivity contribution in [3.05, 3.63) is 39.1 Å². The van der Waals surface area contributed by atoms with Crippen LogP contribution in [0.4, 0.5) is 5.82 Å². The Morgan fingerprint density at radius 3 is 3.04 bits per heavy atom. The zero-order valence-electron chi connectivity index (χ0n) is 14.9. The van der Waals surface area contributed by atoms with Gasteiger partial charge in [0.2, 0.25) is 5.88 Å². The summed E-state index contributed by atoms with van der Waals surface area (Å²) >= 11 is 0. The van der Waals surface area contributed by atoms with E-state index in [1.807, 2.05) is 6.07 Å². The van der Waals surface area contributed by atoms with Gasteiger partial charge in [0.25, 0.3) is 0 Å². The Bertz CT molecular complexity index is 1120. The van der Waals surface area contributed by atoms with Crippen LogP contribution in [0.15, 0.2) is 22.1 Å². The quantitative estimate of drug-likeness (QED) is 0.414. The molecule has 0 unspecified atom stereocenters. The number of rotatable bonds is 7. The molecule has 0 radical (unpaired) electrons. The summed E-state index contributed by atoms with van der Waals surface area (Å²) in [4.78, 5) is 25.5. The van der Waals surface area contributed by atoms with E-state index in [9.17, 15) is 9.90 Å². The topological polar surface area (TPSA) is 133 Å². The van der Waals surface area contributed by atoms with Gasteiger partial charge in [-0.15, -0.1) is 0 Å². The zero-order chi connectivity index (χ0) is 18.8. The number of anilines is 1. The zero-order valence-corrected chi connectivity index (χ0v) is 14.9. The van der Waals surface area contributed by atoms with E-state index in [2.05, 4.69) is 25.4 Å². The first-order valence-corrected chi connectivity index (χ1v) is 8.82. The number of nitrogens with zero attached hydrogens (tertiary/aromatic N) is 4. The van der Waals surface area contributed by atoms with Gasteiger partial charge < -0.3 is 20.1 Å². The molecule has 0 amide bonds. The van der Waals surface area contributed by atoms with Crippen LogP contribution in [0.25, 0.3) is 11.7 Å². The van der Waals surface area contributed by atoms with Gasteiger partial charge in [-0.3, -0.25) is 9.98 Å². The second-order valence-corrected chi connectivity index (χ2v) is 6.45. The average molecular weight is 371 g/mol. The smallest absolute Gasteiger partial charge is 0.326 e. The van der Waals surface area contributed by atoms with E-state index in [1.54, 1.807) is 23.9 Å². The summed E-state index contributed by atoms with van der Waals surface area (Å²) in [6, 6.07) is 2.21. The Kier molecular flexibility index (Phi) is 4.63. The van der Waals surface area contributed by atoms with Crippen LogP contribution in [0.3, 0.4) is 0 Å². The van der Waals surface area contributed by atoms with Gasteiger partial charge in [-0.2, -0.15) is 9.61 Å². The number of imidazole rings is 1. The molecule has 0 atom stereocenters. The Morgan fingerprint density at radius 2 is 2.33 bits per heavy atom. The van der Waals surface area contributed by atoms with Gasteiger partial charge in [0.1, 0.15) is 11.5 Å². The Hall–Kier alpha value is -3.14. The molecular weight excluding hydrogens is 350 g/mol. The van der Waals surface area contributed by atoms with E-state index < -0.39 is 5.69 Å². The predicted octanol–water partition coefficient (Wildman–Crippen LogP) is -0.489. The van der Waals surface area contributed by atoms with Gasteiger partial charge in [-0.05, 0) is 25.3 Å². The molecule has 27 heavy (non-hydrogen) atoms. The molecule has 0 spiro atoms. The number of fused-ring (bicyclic) bond motifs is 1. The van der Waals surface area contributed by atoms with Crippen LogP contribution in [0.5, 0.6) is 5.88 Å². The molecule has 4 rings (SSSR count). The molecule has 10 heteroatoms. The fourth-order valence-corrected chi connectivity index (χ4v) is 2.72. The fourth-order valence-electron chi connectivity index (χ4n) is 2.72. The van der Waals surface area contributed by atoms with Gasteiger partial charge in [-0.25, -0.2) is 9.78 Å². The van der Waals surface area contributed by atoms with Crippen LogP contribution >= 0.6 is 0 Å². The fraction of sp³-hybridized carbons (Fsp3) is 0.412. The number of methoxy groups -OCH3 is 1. The van der Waals surface area contributed by atoms with Crippen molar-refractivity contribution in [2.24, 2.45) is 4.99 Å². The maximum absolute atomic E-state index is 11.3.